The maximum atomic E-state index is 10.3. The van der Waals surface area contributed by atoms with E-state index in [-0.39, 0.29) is 0 Å². The van der Waals surface area contributed by atoms with Gasteiger partial charge in [-0.25, -0.2) is 0 Å². The maximum absolute atomic E-state index is 10.3. The smallest absolute Gasteiger partial charge is 0.120 e. The van der Waals surface area contributed by atoms with Crippen molar-refractivity contribution in [2.24, 2.45) is 0 Å². The van der Waals surface area contributed by atoms with Crippen molar-refractivity contribution in [2.75, 3.05) is 13.1 Å². The molecule has 1 N–H and O–H groups in total. The third-order valence-electron chi connectivity index (χ3n) is 5.29. The highest BCUT2D eigenvalue weighted by atomic mass is 16.3. The number of phenolic OH excluding ortho intramolecular Hbond substituents is 1. The highest BCUT2D eigenvalue weighted by Gasteiger charge is 2.21. The van der Waals surface area contributed by atoms with Crippen molar-refractivity contribution in [3.8, 4) is 17.0 Å². The third kappa shape index (κ3) is 3.78. The normalized spacial score (nSPS) is 15.8. The van der Waals surface area contributed by atoms with Crippen molar-refractivity contribution in [3.05, 3.63) is 84.1 Å². The fourth-order valence-corrected chi connectivity index (χ4v) is 3.80. The number of pyridine rings is 1. The number of rotatable bonds is 4. The zero-order valence-electron chi connectivity index (χ0n) is 14.9. The van der Waals surface area contributed by atoms with Crippen LogP contribution in [0.5, 0.6) is 5.75 Å². The fraction of sp³-hybridized carbons (Fsp3) is 0.261. The zero-order chi connectivity index (χ0) is 17.8. The Morgan fingerprint density at radius 1 is 0.923 bits per heavy atom. The van der Waals surface area contributed by atoms with E-state index in [9.17, 15) is 5.11 Å². The summed E-state index contributed by atoms with van der Waals surface area (Å²) in [5, 5.41) is 10.3. The molecule has 3 aromatic rings. The first-order valence-electron chi connectivity index (χ1n) is 9.30. The topological polar surface area (TPSA) is 36.4 Å². The van der Waals surface area contributed by atoms with E-state index in [4.69, 9.17) is 0 Å². The molecule has 3 heteroatoms. The standard InChI is InChI=1S/C23H24N2O/c26-23-10-9-20(22-8-4-5-13-24-22)16-21(23)17-25-14-11-19(12-15-25)18-6-2-1-3-7-18/h1-10,13,16,19,26H,11-12,14-15,17H2. The van der Waals surface area contributed by atoms with E-state index in [1.54, 1.807) is 12.3 Å². The molecule has 4 rings (SSSR count). The number of benzene rings is 2. The number of phenols is 1. The summed E-state index contributed by atoms with van der Waals surface area (Å²) < 4.78 is 0. The Morgan fingerprint density at radius 2 is 1.69 bits per heavy atom. The summed E-state index contributed by atoms with van der Waals surface area (Å²) >= 11 is 0. The molecule has 2 heterocycles. The van der Waals surface area contributed by atoms with Gasteiger partial charge < -0.3 is 5.11 Å². The summed E-state index contributed by atoms with van der Waals surface area (Å²) in [6.45, 7) is 2.91. The Balaban J connectivity index is 1.43. The second-order valence-electron chi connectivity index (χ2n) is 7.02. The first-order chi connectivity index (χ1) is 12.8. The quantitative estimate of drug-likeness (QED) is 0.736. The molecule has 1 aliphatic heterocycles. The fourth-order valence-electron chi connectivity index (χ4n) is 3.80. The second kappa shape index (κ2) is 7.71. The van der Waals surface area contributed by atoms with Crippen molar-refractivity contribution in [1.29, 1.82) is 0 Å². The van der Waals surface area contributed by atoms with Crippen LogP contribution < -0.4 is 0 Å². The summed E-state index contributed by atoms with van der Waals surface area (Å²) in [5.74, 6) is 1.02. The molecule has 1 aliphatic rings. The van der Waals surface area contributed by atoms with Gasteiger partial charge in [0.15, 0.2) is 0 Å². The van der Waals surface area contributed by atoms with Crippen LogP contribution >= 0.6 is 0 Å². The van der Waals surface area contributed by atoms with Gasteiger partial charge in [0.25, 0.3) is 0 Å². The molecule has 1 fully saturated rings. The van der Waals surface area contributed by atoms with Crippen LogP contribution in [0.25, 0.3) is 11.3 Å². The Labute approximate surface area is 155 Å². The molecule has 1 saturated heterocycles. The molecule has 0 aliphatic carbocycles. The number of aromatic nitrogens is 1. The number of hydrogen-bond donors (Lipinski definition) is 1. The number of nitrogens with zero attached hydrogens (tertiary/aromatic N) is 2. The zero-order valence-corrected chi connectivity index (χ0v) is 14.9. The van der Waals surface area contributed by atoms with Crippen LogP contribution in [0.4, 0.5) is 0 Å². The lowest BCUT2D eigenvalue weighted by molar-refractivity contribution is 0.202. The van der Waals surface area contributed by atoms with Crippen LogP contribution in [-0.2, 0) is 6.54 Å². The summed E-state index contributed by atoms with van der Waals surface area (Å²) in [6.07, 6.45) is 4.14. The van der Waals surface area contributed by atoms with Crippen molar-refractivity contribution < 1.29 is 5.11 Å². The molecule has 0 spiro atoms. The Morgan fingerprint density at radius 3 is 2.42 bits per heavy atom. The van der Waals surface area contributed by atoms with Gasteiger partial charge in [0.2, 0.25) is 0 Å². The first-order valence-corrected chi connectivity index (χ1v) is 9.30. The molecule has 26 heavy (non-hydrogen) atoms. The third-order valence-corrected chi connectivity index (χ3v) is 5.29. The van der Waals surface area contributed by atoms with Gasteiger partial charge in [0.1, 0.15) is 5.75 Å². The average molecular weight is 344 g/mol. The largest absolute Gasteiger partial charge is 0.508 e. The molecule has 0 bridgehead atoms. The summed E-state index contributed by atoms with van der Waals surface area (Å²) in [5.41, 5.74) is 4.42. The van der Waals surface area contributed by atoms with Gasteiger partial charge in [0.05, 0.1) is 5.69 Å². The van der Waals surface area contributed by atoms with Gasteiger partial charge in [-0.05, 0) is 67.7 Å². The molecule has 0 amide bonds. The first kappa shape index (κ1) is 16.8. The lowest BCUT2D eigenvalue weighted by Gasteiger charge is -2.32. The molecule has 0 saturated carbocycles. The van der Waals surface area contributed by atoms with Gasteiger partial charge >= 0.3 is 0 Å². The second-order valence-corrected chi connectivity index (χ2v) is 7.02. The molecule has 2 aromatic carbocycles. The molecule has 1 aromatic heterocycles. The SMILES string of the molecule is Oc1ccc(-c2ccccn2)cc1CN1CCC(c2ccccc2)CC1. The molecule has 0 atom stereocenters. The van der Waals surface area contributed by atoms with Crippen LogP contribution in [0.1, 0.15) is 29.9 Å². The maximum Gasteiger partial charge on any atom is 0.120 e. The van der Waals surface area contributed by atoms with Crippen molar-refractivity contribution >= 4 is 0 Å². The summed E-state index contributed by atoms with van der Waals surface area (Å²) in [7, 11) is 0. The van der Waals surface area contributed by atoms with E-state index in [2.05, 4.69) is 46.3 Å². The van der Waals surface area contributed by atoms with Crippen LogP contribution in [0.15, 0.2) is 72.9 Å². The van der Waals surface area contributed by atoms with Crippen molar-refractivity contribution in [3.63, 3.8) is 0 Å². The highest BCUT2D eigenvalue weighted by Crippen LogP contribution is 2.30. The van der Waals surface area contributed by atoms with E-state index in [0.29, 0.717) is 11.7 Å². The number of aromatic hydroxyl groups is 1. The van der Waals surface area contributed by atoms with Crippen molar-refractivity contribution in [1.82, 2.24) is 9.88 Å². The van der Waals surface area contributed by atoms with E-state index >= 15 is 0 Å². The Kier molecular flexibility index (Phi) is 4.98. The summed E-state index contributed by atoms with van der Waals surface area (Å²) in [4.78, 5) is 6.86. The van der Waals surface area contributed by atoms with E-state index in [0.717, 1.165) is 36.5 Å². The van der Waals surface area contributed by atoms with Gasteiger partial charge in [-0.2, -0.15) is 0 Å². The van der Waals surface area contributed by atoms with Crippen molar-refractivity contribution in [2.45, 2.75) is 25.3 Å². The molecule has 132 valence electrons. The molecule has 3 nitrogen and oxygen atoms in total. The van der Waals surface area contributed by atoms with Crippen LogP contribution in [0.2, 0.25) is 0 Å². The summed E-state index contributed by atoms with van der Waals surface area (Å²) in [6, 6.07) is 22.5. The minimum Gasteiger partial charge on any atom is -0.508 e. The molecular formula is C23H24N2O. The van der Waals surface area contributed by atoms with E-state index in [1.807, 2.05) is 24.3 Å². The van der Waals surface area contributed by atoms with E-state index in [1.165, 1.54) is 18.4 Å². The van der Waals surface area contributed by atoms with E-state index < -0.39 is 0 Å². The molecule has 0 unspecified atom stereocenters. The van der Waals surface area contributed by atoms with Gasteiger partial charge in [0, 0.05) is 23.9 Å². The van der Waals surface area contributed by atoms with Crippen LogP contribution in [0, 0.1) is 0 Å². The predicted octanol–water partition coefficient (Wildman–Crippen LogP) is 4.83. The Bertz CT molecular complexity index is 841. The predicted molar refractivity (Wildman–Crippen MR) is 105 cm³/mol. The monoisotopic (exact) mass is 344 g/mol. The number of likely N-dealkylation sites (tertiary alicyclic amines) is 1. The Hall–Kier alpha value is -2.65. The lowest BCUT2D eigenvalue weighted by Crippen LogP contribution is -2.32. The lowest BCUT2D eigenvalue weighted by atomic mass is 9.89. The molecule has 0 radical (unpaired) electrons. The number of piperidine rings is 1. The minimum absolute atomic E-state index is 0.370. The van der Waals surface area contributed by atoms with Crippen LogP contribution in [0.3, 0.4) is 0 Å². The molecular weight excluding hydrogens is 320 g/mol. The van der Waals surface area contributed by atoms with Gasteiger partial charge in [-0.1, -0.05) is 36.4 Å². The van der Waals surface area contributed by atoms with Gasteiger partial charge in [-0.3, -0.25) is 9.88 Å². The average Bonchev–Trinajstić information content (AvgIpc) is 2.71. The van der Waals surface area contributed by atoms with Crippen LogP contribution in [-0.4, -0.2) is 28.1 Å². The minimum atomic E-state index is 0.370. The number of hydrogen-bond acceptors (Lipinski definition) is 3. The highest BCUT2D eigenvalue weighted by molar-refractivity contribution is 5.61. The van der Waals surface area contributed by atoms with Gasteiger partial charge in [-0.15, -0.1) is 0 Å².